The second-order valence-corrected chi connectivity index (χ2v) is 12.0. The summed E-state index contributed by atoms with van der Waals surface area (Å²) in [6, 6.07) is 3.79. The zero-order chi connectivity index (χ0) is 24.3. The highest BCUT2D eigenvalue weighted by molar-refractivity contribution is 7.96. The molecule has 4 rings (SSSR count). The van der Waals surface area contributed by atoms with Gasteiger partial charge in [-0.15, -0.1) is 0 Å². The van der Waals surface area contributed by atoms with Gasteiger partial charge in [0.25, 0.3) is 5.91 Å². The highest BCUT2D eigenvalue weighted by Crippen LogP contribution is 2.48. The Hall–Kier alpha value is -2.60. The molecule has 13 heteroatoms. The molecule has 0 saturated heterocycles. The number of fused-ring (bicyclic) bond motifs is 1. The highest BCUT2D eigenvalue weighted by atomic mass is 35.5. The lowest BCUT2D eigenvalue weighted by Gasteiger charge is -2.44. The summed E-state index contributed by atoms with van der Waals surface area (Å²) in [6.07, 6.45) is 1.27. The van der Waals surface area contributed by atoms with Crippen LogP contribution >= 0.6 is 11.6 Å². The number of nitrogens with zero attached hydrogens (tertiary/aromatic N) is 4. The molecule has 3 atom stereocenters. The summed E-state index contributed by atoms with van der Waals surface area (Å²) in [4.78, 5) is 17.2. The summed E-state index contributed by atoms with van der Waals surface area (Å²) in [5.41, 5.74) is 4.72. The van der Waals surface area contributed by atoms with Crippen LogP contribution in [0.4, 0.5) is 18.9 Å². The molecule has 2 aliphatic heterocycles. The number of hydrogen-bond donors (Lipinski definition) is 2. The van der Waals surface area contributed by atoms with E-state index in [0.29, 0.717) is 13.0 Å². The molecule has 1 aromatic heterocycles. The number of anilines is 1. The van der Waals surface area contributed by atoms with E-state index in [2.05, 4.69) is 19.8 Å². The third-order valence-electron chi connectivity index (χ3n) is 6.26. The fourth-order valence-corrected chi connectivity index (χ4v) is 7.70. The van der Waals surface area contributed by atoms with E-state index < -0.39 is 49.2 Å². The molecule has 0 saturated carbocycles. The Morgan fingerprint density at radius 2 is 2.06 bits per heavy atom. The van der Waals surface area contributed by atoms with Crippen molar-refractivity contribution in [3.8, 4) is 0 Å². The summed E-state index contributed by atoms with van der Waals surface area (Å²) >= 11 is 5.86. The Bertz CT molecular complexity index is 1300. The van der Waals surface area contributed by atoms with Gasteiger partial charge < -0.3 is 11.1 Å². The van der Waals surface area contributed by atoms with Crippen molar-refractivity contribution in [3.63, 3.8) is 0 Å². The Labute approximate surface area is 193 Å². The van der Waals surface area contributed by atoms with Crippen molar-refractivity contribution in [1.29, 1.82) is 0 Å². The monoisotopic (exact) mass is 502 g/mol. The topological polar surface area (TPSA) is 115 Å². The number of nitrogens with one attached hydrogen (secondary N) is 1. The first-order chi connectivity index (χ1) is 15.3. The molecule has 3 heterocycles. The predicted octanol–water partition coefficient (Wildman–Crippen LogP) is 3.93. The van der Waals surface area contributed by atoms with E-state index in [1.165, 1.54) is 12.1 Å². The summed E-state index contributed by atoms with van der Waals surface area (Å²) < 4.78 is 58.2. The van der Waals surface area contributed by atoms with E-state index >= 15 is 4.39 Å². The number of alkyl halides is 2. The molecule has 8 nitrogen and oxygen atoms in total. The first kappa shape index (κ1) is 23.6. The molecule has 1 amide bonds. The van der Waals surface area contributed by atoms with Crippen LogP contribution in [0.1, 0.15) is 49.8 Å². The van der Waals surface area contributed by atoms with Crippen molar-refractivity contribution < 1.29 is 22.2 Å². The molecule has 0 unspecified atom stereocenters. The fraction of sp³-hybridized carbons (Fsp3) is 0.450. The zero-order valence-electron chi connectivity index (χ0n) is 18.0. The minimum Gasteiger partial charge on any atom is -0.386 e. The average molecular weight is 503 g/mol. The molecule has 1 aromatic carbocycles. The van der Waals surface area contributed by atoms with Gasteiger partial charge in [0.2, 0.25) is 0 Å². The molecule has 0 bridgehead atoms. The smallest absolute Gasteiger partial charge is 0.333 e. The van der Waals surface area contributed by atoms with E-state index in [1.807, 2.05) is 0 Å². The predicted molar refractivity (Wildman–Crippen MR) is 120 cm³/mol. The number of hydrogen-bond acceptors (Lipinski definition) is 6. The van der Waals surface area contributed by atoms with Gasteiger partial charge in [0.1, 0.15) is 21.9 Å². The van der Waals surface area contributed by atoms with E-state index in [0.717, 1.165) is 12.3 Å². The second kappa shape index (κ2) is 7.73. The standard InChI is InChI=1S/C20H22ClF3N6O2S/c1-19(2)17(25)28-20(3,14-6-7-26-33(14,19)32)11-8-10(4-5-13(11)22)27-16(31)15-12(21)9-30(29-15)18(23)24/h4-5,8-9,14,18H,6-7H2,1-3H3,(H2,25,28)(H,27,31)/t14-,20+,33+/m0/s1. The van der Waals surface area contributed by atoms with Gasteiger partial charge in [-0.05, 0) is 45.4 Å². The minimum atomic E-state index is -2.97. The van der Waals surface area contributed by atoms with Crippen LogP contribution in [0, 0.1) is 5.82 Å². The number of amidine groups is 1. The molecule has 0 spiro atoms. The summed E-state index contributed by atoms with van der Waals surface area (Å²) in [5, 5.41) is 5.12. The van der Waals surface area contributed by atoms with Gasteiger partial charge in [-0.1, -0.05) is 11.6 Å². The van der Waals surface area contributed by atoms with Crippen LogP contribution in [-0.4, -0.2) is 42.3 Å². The van der Waals surface area contributed by atoms with Crippen LogP contribution in [0.25, 0.3) is 0 Å². The van der Waals surface area contributed by atoms with Crippen molar-refractivity contribution in [2.45, 2.75) is 49.3 Å². The quantitative estimate of drug-likeness (QED) is 0.659. The van der Waals surface area contributed by atoms with Gasteiger partial charge in [-0.2, -0.15) is 13.9 Å². The molecule has 0 aliphatic carbocycles. The number of nitrogens with two attached hydrogens (primary N) is 1. The van der Waals surface area contributed by atoms with Crippen molar-refractivity contribution in [2.24, 2.45) is 15.1 Å². The number of amides is 1. The molecule has 0 radical (unpaired) electrons. The largest absolute Gasteiger partial charge is 0.386 e. The van der Waals surface area contributed by atoms with E-state index in [4.69, 9.17) is 17.3 Å². The van der Waals surface area contributed by atoms with Gasteiger partial charge in [0.05, 0.1) is 26.2 Å². The Balaban J connectivity index is 1.74. The Morgan fingerprint density at radius 3 is 2.70 bits per heavy atom. The highest BCUT2D eigenvalue weighted by Gasteiger charge is 2.56. The number of benzene rings is 1. The van der Waals surface area contributed by atoms with Crippen molar-refractivity contribution in [3.05, 3.63) is 46.5 Å². The third kappa shape index (κ3) is 3.50. The van der Waals surface area contributed by atoms with Crippen LogP contribution in [0.5, 0.6) is 0 Å². The number of carbonyl (C=O) groups excluding carboxylic acids is 1. The fourth-order valence-electron chi connectivity index (χ4n) is 4.31. The second-order valence-electron chi connectivity index (χ2n) is 8.59. The molecular weight excluding hydrogens is 481 g/mol. The number of aliphatic imine (C=N–C) groups is 1. The maximum Gasteiger partial charge on any atom is 0.333 e. The van der Waals surface area contributed by atoms with Crippen LogP contribution in [-0.2, 0) is 15.3 Å². The van der Waals surface area contributed by atoms with Gasteiger partial charge >= 0.3 is 6.55 Å². The average Bonchev–Trinajstić information content (AvgIpc) is 3.33. The molecule has 2 aromatic rings. The lowest BCUT2D eigenvalue weighted by Crippen LogP contribution is -2.58. The zero-order valence-corrected chi connectivity index (χ0v) is 19.6. The molecule has 178 valence electrons. The molecule has 2 aliphatic rings. The van der Waals surface area contributed by atoms with Crippen LogP contribution in [0.3, 0.4) is 0 Å². The first-order valence-corrected chi connectivity index (χ1v) is 12.0. The Kier molecular flexibility index (Phi) is 5.51. The van der Waals surface area contributed by atoms with Gasteiger partial charge in [0, 0.05) is 17.8 Å². The molecular formula is C20H22ClF3N6O2S. The SMILES string of the molecule is CC1(C)C(N)=N[C@](C)(c2cc(NC(=O)c3nn(C(F)F)cc3Cl)ccc2F)[C@@H]2CCN=[S@@]21=O. The normalized spacial score (nSPS) is 28.2. The first-order valence-electron chi connectivity index (χ1n) is 10.0. The van der Waals surface area contributed by atoms with Gasteiger partial charge in [-0.25, -0.2) is 17.6 Å². The maximum atomic E-state index is 15.1. The van der Waals surface area contributed by atoms with Crippen LogP contribution in [0.2, 0.25) is 5.02 Å². The van der Waals surface area contributed by atoms with E-state index in [-0.39, 0.29) is 26.8 Å². The lowest BCUT2D eigenvalue weighted by molar-refractivity contribution is 0.0561. The molecule has 33 heavy (non-hydrogen) atoms. The maximum absolute atomic E-state index is 15.1. The van der Waals surface area contributed by atoms with Crippen molar-refractivity contribution >= 4 is 38.8 Å². The number of carbonyl (C=O) groups is 1. The number of rotatable bonds is 4. The van der Waals surface area contributed by atoms with Crippen molar-refractivity contribution in [2.75, 3.05) is 11.9 Å². The van der Waals surface area contributed by atoms with Crippen molar-refractivity contribution in [1.82, 2.24) is 9.78 Å². The lowest BCUT2D eigenvalue weighted by atomic mass is 9.85. The summed E-state index contributed by atoms with van der Waals surface area (Å²) in [7, 11) is -2.87. The number of aromatic nitrogens is 2. The van der Waals surface area contributed by atoms with E-state index in [9.17, 15) is 17.8 Å². The summed E-state index contributed by atoms with van der Waals surface area (Å²) in [5.74, 6) is -1.37. The van der Waals surface area contributed by atoms with Gasteiger partial charge in [0.15, 0.2) is 5.69 Å². The van der Waals surface area contributed by atoms with Crippen LogP contribution < -0.4 is 11.1 Å². The Morgan fingerprint density at radius 1 is 1.36 bits per heavy atom. The molecule has 3 N–H and O–H groups in total. The van der Waals surface area contributed by atoms with Crippen LogP contribution in [0.15, 0.2) is 33.8 Å². The molecule has 0 fully saturated rings. The summed E-state index contributed by atoms with van der Waals surface area (Å²) in [6.45, 7) is 2.45. The van der Waals surface area contributed by atoms with E-state index in [1.54, 1.807) is 20.8 Å². The third-order valence-corrected chi connectivity index (χ3v) is 10.2. The minimum absolute atomic E-state index is 0.0813. The number of halogens is 4. The van der Waals surface area contributed by atoms with Gasteiger partial charge in [-0.3, -0.25) is 9.79 Å².